The Bertz CT molecular complexity index is 510. The van der Waals surface area contributed by atoms with Crippen LogP contribution in [0.4, 0.5) is 5.69 Å². The Balaban J connectivity index is 2.24. The maximum absolute atomic E-state index is 11.4. The Hall–Kier alpha value is -1.23. The minimum Gasteiger partial charge on any atom is -0.474 e. The average molecular weight is 255 g/mol. The molecule has 1 atom stereocenters. The van der Waals surface area contributed by atoms with Gasteiger partial charge in [0.05, 0.1) is 5.69 Å². The molecule has 2 rings (SSSR count). The van der Waals surface area contributed by atoms with Gasteiger partial charge in [-0.2, -0.15) is 0 Å². The van der Waals surface area contributed by atoms with Crippen molar-refractivity contribution in [3.8, 4) is 5.75 Å². The largest absolute Gasteiger partial charge is 0.474 e. The van der Waals surface area contributed by atoms with Gasteiger partial charge in [0.25, 0.3) is 10.0 Å². The predicted molar refractivity (Wildman–Crippen MR) is 67.6 cm³/mol. The van der Waals surface area contributed by atoms with E-state index in [0.29, 0.717) is 17.4 Å². The van der Waals surface area contributed by atoms with Gasteiger partial charge in [0.2, 0.25) is 5.94 Å². The van der Waals surface area contributed by atoms with Gasteiger partial charge in [-0.05, 0) is 30.0 Å². The Labute approximate surface area is 102 Å². The number of nitrogens with one attached hydrogen (secondary N) is 1. The number of anilines is 1. The number of rotatable bonds is 3. The molecule has 0 bridgehead atoms. The van der Waals surface area contributed by atoms with Gasteiger partial charge in [-0.1, -0.05) is 26.3 Å². The first kappa shape index (κ1) is 12.2. The monoisotopic (exact) mass is 255 g/mol. The molecule has 1 aromatic carbocycles. The minimum atomic E-state index is -3.32. The van der Waals surface area contributed by atoms with Crippen molar-refractivity contribution in [3.05, 3.63) is 23.8 Å². The zero-order chi connectivity index (χ0) is 12.5. The first-order valence-corrected chi connectivity index (χ1v) is 7.41. The van der Waals surface area contributed by atoms with Crippen molar-refractivity contribution < 1.29 is 13.2 Å². The van der Waals surface area contributed by atoms with E-state index in [4.69, 9.17) is 4.74 Å². The van der Waals surface area contributed by atoms with Gasteiger partial charge in [0.1, 0.15) is 5.75 Å². The highest BCUT2D eigenvalue weighted by Gasteiger charge is 2.21. The average Bonchev–Trinajstić information content (AvgIpc) is 2.27. The van der Waals surface area contributed by atoms with E-state index in [1.54, 1.807) is 0 Å². The first-order valence-electron chi connectivity index (χ1n) is 5.76. The summed E-state index contributed by atoms with van der Waals surface area (Å²) in [6.45, 7) is 4.33. The number of fused-ring (bicyclic) bond motifs is 1. The van der Waals surface area contributed by atoms with Crippen molar-refractivity contribution in [2.45, 2.75) is 26.7 Å². The molecule has 0 radical (unpaired) electrons. The van der Waals surface area contributed by atoms with E-state index in [2.05, 4.69) is 18.6 Å². The maximum atomic E-state index is 11.4. The molecule has 0 saturated carbocycles. The predicted octanol–water partition coefficient (Wildman–Crippen LogP) is 2.37. The molecule has 1 heterocycles. The quantitative estimate of drug-likeness (QED) is 0.902. The Morgan fingerprint density at radius 3 is 2.94 bits per heavy atom. The molecular weight excluding hydrogens is 238 g/mol. The van der Waals surface area contributed by atoms with E-state index in [1.165, 1.54) is 0 Å². The molecule has 1 aliphatic rings. The summed E-state index contributed by atoms with van der Waals surface area (Å²) in [7, 11) is -3.32. The molecule has 1 aliphatic heterocycles. The molecule has 1 N–H and O–H groups in total. The van der Waals surface area contributed by atoms with Gasteiger partial charge in [-0.15, -0.1) is 0 Å². The lowest BCUT2D eigenvalue weighted by atomic mass is 9.98. The molecule has 5 heteroatoms. The number of ether oxygens (including phenoxy) is 1. The third-order valence-electron chi connectivity index (χ3n) is 2.96. The first-order chi connectivity index (χ1) is 8.00. The second-order valence-corrected chi connectivity index (χ2v) is 6.20. The van der Waals surface area contributed by atoms with E-state index in [-0.39, 0.29) is 5.94 Å². The van der Waals surface area contributed by atoms with E-state index in [9.17, 15) is 8.42 Å². The zero-order valence-electron chi connectivity index (χ0n) is 10.1. The van der Waals surface area contributed by atoms with E-state index >= 15 is 0 Å². The van der Waals surface area contributed by atoms with E-state index in [0.717, 1.165) is 18.4 Å². The van der Waals surface area contributed by atoms with Gasteiger partial charge in [0.15, 0.2) is 0 Å². The maximum Gasteiger partial charge on any atom is 0.268 e. The van der Waals surface area contributed by atoms with Crippen molar-refractivity contribution in [1.29, 1.82) is 0 Å². The molecular formula is C12H17NO3S. The molecule has 0 amide bonds. The van der Waals surface area contributed by atoms with Crippen molar-refractivity contribution in [1.82, 2.24) is 0 Å². The second-order valence-electron chi connectivity index (χ2n) is 4.53. The smallest absolute Gasteiger partial charge is 0.268 e. The molecule has 94 valence electrons. The standard InChI is InChI=1S/C12H17NO3S/c1-3-9(2)6-10-4-5-12-11(7-10)13-17(14,15)8-16-12/h4-5,7,9,13H,3,6,8H2,1-2H3. The van der Waals surface area contributed by atoms with Gasteiger partial charge < -0.3 is 4.74 Å². The van der Waals surface area contributed by atoms with Crippen LogP contribution in [0.1, 0.15) is 25.8 Å². The molecule has 0 fully saturated rings. The van der Waals surface area contributed by atoms with Crippen LogP contribution >= 0.6 is 0 Å². The van der Waals surface area contributed by atoms with Crippen LogP contribution in [-0.2, 0) is 16.4 Å². The van der Waals surface area contributed by atoms with Crippen LogP contribution in [0.2, 0.25) is 0 Å². The van der Waals surface area contributed by atoms with E-state index in [1.807, 2.05) is 18.2 Å². The molecule has 1 unspecified atom stereocenters. The molecule has 4 nitrogen and oxygen atoms in total. The summed E-state index contributed by atoms with van der Waals surface area (Å²) in [6.07, 6.45) is 2.06. The second kappa shape index (κ2) is 4.56. The Morgan fingerprint density at radius 1 is 1.47 bits per heavy atom. The summed E-state index contributed by atoms with van der Waals surface area (Å²) in [5, 5.41) is 0. The van der Waals surface area contributed by atoms with Crippen LogP contribution in [0.3, 0.4) is 0 Å². The van der Waals surface area contributed by atoms with Crippen molar-refractivity contribution in [2.24, 2.45) is 5.92 Å². The zero-order valence-corrected chi connectivity index (χ0v) is 10.9. The molecule has 0 aliphatic carbocycles. The van der Waals surface area contributed by atoms with E-state index < -0.39 is 10.0 Å². The molecule has 1 aromatic rings. The summed E-state index contributed by atoms with van der Waals surface area (Å²) < 4.78 is 30.4. The van der Waals surface area contributed by atoms with Gasteiger partial charge in [-0.25, -0.2) is 8.42 Å². The fourth-order valence-electron chi connectivity index (χ4n) is 1.79. The van der Waals surface area contributed by atoms with Crippen LogP contribution in [-0.4, -0.2) is 14.4 Å². The van der Waals surface area contributed by atoms with Gasteiger partial charge >= 0.3 is 0 Å². The summed E-state index contributed by atoms with van der Waals surface area (Å²) in [5.74, 6) is 0.895. The normalized spacial score (nSPS) is 18.7. The lowest BCUT2D eigenvalue weighted by Crippen LogP contribution is -2.25. The van der Waals surface area contributed by atoms with Crippen LogP contribution < -0.4 is 9.46 Å². The number of sulfonamides is 1. The topological polar surface area (TPSA) is 55.4 Å². The number of benzene rings is 1. The van der Waals surface area contributed by atoms with Crippen LogP contribution in [0, 0.1) is 5.92 Å². The third-order valence-corrected chi connectivity index (χ3v) is 3.92. The highest BCUT2D eigenvalue weighted by Crippen LogP contribution is 2.31. The lowest BCUT2D eigenvalue weighted by molar-refractivity contribution is 0.374. The highest BCUT2D eigenvalue weighted by molar-refractivity contribution is 7.92. The van der Waals surface area contributed by atoms with Crippen molar-refractivity contribution in [2.75, 3.05) is 10.7 Å². The van der Waals surface area contributed by atoms with Gasteiger partial charge in [-0.3, -0.25) is 4.72 Å². The highest BCUT2D eigenvalue weighted by atomic mass is 32.2. The Morgan fingerprint density at radius 2 is 2.24 bits per heavy atom. The molecule has 0 aromatic heterocycles. The number of hydrogen-bond donors (Lipinski definition) is 1. The fraction of sp³-hybridized carbons (Fsp3) is 0.500. The van der Waals surface area contributed by atoms with Crippen LogP contribution in [0.15, 0.2) is 18.2 Å². The summed E-state index contributed by atoms with van der Waals surface area (Å²) >= 11 is 0. The Kier molecular flexibility index (Phi) is 3.28. The lowest BCUT2D eigenvalue weighted by Gasteiger charge is -2.20. The number of hydrogen-bond acceptors (Lipinski definition) is 3. The molecule has 0 saturated heterocycles. The minimum absolute atomic E-state index is 0.301. The summed E-state index contributed by atoms with van der Waals surface area (Å²) in [4.78, 5) is 0. The SMILES string of the molecule is CCC(C)Cc1ccc2c(c1)NS(=O)(=O)CO2. The summed E-state index contributed by atoms with van der Waals surface area (Å²) in [6, 6.07) is 5.68. The van der Waals surface area contributed by atoms with Crippen LogP contribution in [0.5, 0.6) is 5.75 Å². The van der Waals surface area contributed by atoms with Crippen LogP contribution in [0.25, 0.3) is 0 Å². The van der Waals surface area contributed by atoms with Crippen molar-refractivity contribution in [3.63, 3.8) is 0 Å². The third kappa shape index (κ3) is 2.91. The molecule has 17 heavy (non-hydrogen) atoms. The molecule has 0 spiro atoms. The van der Waals surface area contributed by atoms with Crippen molar-refractivity contribution >= 4 is 15.7 Å². The fourth-order valence-corrected chi connectivity index (χ4v) is 2.63. The van der Waals surface area contributed by atoms with Gasteiger partial charge in [0, 0.05) is 0 Å². The summed E-state index contributed by atoms with van der Waals surface area (Å²) in [5.41, 5.74) is 1.68.